The zero-order valence-electron chi connectivity index (χ0n) is 27.3. The van der Waals surface area contributed by atoms with Crippen molar-refractivity contribution in [2.24, 2.45) is 50.2 Å². The number of carboxylic acid groups (broad SMARTS) is 2. The molecular formula is C36H56O6. The zero-order valence-corrected chi connectivity index (χ0v) is 27.3. The molecule has 0 aromatic rings. The Bertz CT molecular complexity index is 1150. The van der Waals surface area contributed by atoms with E-state index in [9.17, 15) is 19.5 Å². The molecular weight excluding hydrogens is 528 g/mol. The molecule has 5 aliphatic rings. The van der Waals surface area contributed by atoms with Crippen LogP contribution in [-0.2, 0) is 19.1 Å². The lowest BCUT2D eigenvalue weighted by atomic mass is 9.33. The summed E-state index contributed by atoms with van der Waals surface area (Å²) < 4.78 is 6.13. The molecule has 5 rings (SSSR count). The normalized spacial score (nSPS) is 43.5. The van der Waals surface area contributed by atoms with Gasteiger partial charge in [0.1, 0.15) is 6.10 Å². The maximum Gasteiger partial charge on any atom is 0.310 e. The van der Waals surface area contributed by atoms with E-state index in [2.05, 4.69) is 54.5 Å². The number of hydrogen-bond donors (Lipinski definition) is 2. The highest BCUT2D eigenvalue weighted by Crippen LogP contribution is 2.75. The number of hydrogen-bond acceptors (Lipinski definition) is 4. The summed E-state index contributed by atoms with van der Waals surface area (Å²) >= 11 is 0. The SMILES string of the molecule is CC1(C)CC[C@]2(C(=O)O)CC[C@]3(C)C(=CC[C@@H]4[C@@]5(C)CC[C@H](OC(=O)CCCCC(=O)O)C(C)(C)[C@@H]5CC[C@]43C)[C@@H]2C1. The number of allylic oxidation sites excluding steroid dienone is 2. The second-order valence-electron chi connectivity index (χ2n) is 17.1. The van der Waals surface area contributed by atoms with Gasteiger partial charge in [0.25, 0.3) is 0 Å². The minimum atomic E-state index is -0.823. The van der Waals surface area contributed by atoms with Crippen molar-refractivity contribution in [2.45, 2.75) is 144 Å². The van der Waals surface area contributed by atoms with Crippen LogP contribution in [0.5, 0.6) is 0 Å². The van der Waals surface area contributed by atoms with Gasteiger partial charge in [0, 0.05) is 18.3 Å². The van der Waals surface area contributed by atoms with Gasteiger partial charge < -0.3 is 14.9 Å². The number of esters is 1. The number of carbonyl (C=O) groups excluding carboxylic acids is 1. The summed E-state index contributed by atoms with van der Waals surface area (Å²) in [5.74, 6) is -0.516. The Morgan fingerprint density at radius 2 is 1.50 bits per heavy atom. The third-order valence-corrected chi connectivity index (χ3v) is 14.3. The molecule has 0 amide bonds. The Balaban J connectivity index is 1.39. The average molecular weight is 585 g/mol. The molecule has 6 nitrogen and oxygen atoms in total. The number of unbranched alkanes of at least 4 members (excludes halogenated alkanes) is 1. The van der Waals surface area contributed by atoms with Crippen molar-refractivity contribution in [3.05, 3.63) is 11.6 Å². The Morgan fingerprint density at radius 1 is 0.833 bits per heavy atom. The van der Waals surface area contributed by atoms with E-state index in [0.717, 1.165) is 64.2 Å². The topological polar surface area (TPSA) is 101 Å². The maximum atomic E-state index is 12.9. The van der Waals surface area contributed by atoms with E-state index in [0.29, 0.717) is 24.7 Å². The smallest absolute Gasteiger partial charge is 0.310 e. The number of ether oxygens (including phenoxy) is 1. The first-order valence-electron chi connectivity index (χ1n) is 16.8. The largest absolute Gasteiger partial charge is 0.481 e. The van der Waals surface area contributed by atoms with E-state index < -0.39 is 17.4 Å². The van der Waals surface area contributed by atoms with Crippen LogP contribution in [0.4, 0.5) is 0 Å². The van der Waals surface area contributed by atoms with Crippen LogP contribution in [0.15, 0.2) is 11.6 Å². The maximum absolute atomic E-state index is 12.9. The summed E-state index contributed by atoms with van der Waals surface area (Å²) in [6, 6.07) is 0. The van der Waals surface area contributed by atoms with E-state index >= 15 is 0 Å². The molecule has 0 aromatic heterocycles. The van der Waals surface area contributed by atoms with Crippen molar-refractivity contribution in [1.29, 1.82) is 0 Å². The van der Waals surface area contributed by atoms with E-state index in [1.54, 1.807) is 0 Å². The molecule has 0 aliphatic heterocycles. The van der Waals surface area contributed by atoms with Crippen molar-refractivity contribution in [2.75, 3.05) is 0 Å². The number of aliphatic carboxylic acids is 2. The minimum absolute atomic E-state index is 0.00431. The molecule has 0 aromatic carbocycles. The fourth-order valence-corrected chi connectivity index (χ4v) is 11.6. The van der Waals surface area contributed by atoms with E-state index in [1.165, 1.54) is 5.57 Å². The van der Waals surface area contributed by atoms with Gasteiger partial charge in [-0.25, -0.2) is 0 Å². The van der Waals surface area contributed by atoms with E-state index in [1.807, 2.05) is 0 Å². The fourth-order valence-electron chi connectivity index (χ4n) is 11.6. The number of rotatable bonds is 7. The van der Waals surface area contributed by atoms with Crippen LogP contribution in [0.2, 0.25) is 0 Å². The van der Waals surface area contributed by atoms with Crippen molar-refractivity contribution in [3.8, 4) is 0 Å². The zero-order chi connectivity index (χ0) is 30.9. The summed E-state index contributed by atoms with van der Waals surface area (Å²) in [7, 11) is 0. The van der Waals surface area contributed by atoms with Crippen LogP contribution in [0, 0.1) is 50.2 Å². The van der Waals surface area contributed by atoms with Gasteiger partial charge in [0.05, 0.1) is 5.41 Å². The molecule has 0 spiro atoms. The highest BCUT2D eigenvalue weighted by Gasteiger charge is 2.69. The second-order valence-corrected chi connectivity index (χ2v) is 17.1. The molecule has 5 aliphatic carbocycles. The quantitative estimate of drug-likeness (QED) is 0.177. The van der Waals surface area contributed by atoms with Crippen LogP contribution in [0.1, 0.15) is 138 Å². The molecule has 2 N–H and O–H groups in total. The van der Waals surface area contributed by atoms with Crippen molar-refractivity contribution in [1.82, 2.24) is 0 Å². The van der Waals surface area contributed by atoms with Gasteiger partial charge in [-0.15, -0.1) is 0 Å². The van der Waals surface area contributed by atoms with Gasteiger partial charge in [-0.1, -0.05) is 60.1 Å². The molecule has 42 heavy (non-hydrogen) atoms. The number of fused-ring (bicyclic) bond motifs is 7. The van der Waals surface area contributed by atoms with Crippen LogP contribution < -0.4 is 0 Å². The molecule has 4 fully saturated rings. The second kappa shape index (κ2) is 10.4. The predicted octanol–water partition coefficient (Wildman–Crippen LogP) is 8.43. The fraction of sp³-hybridized carbons (Fsp3) is 0.861. The Morgan fingerprint density at radius 3 is 2.17 bits per heavy atom. The molecule has 0 saturated heterocycles. The van der Waals surface area contributed by atoms with Crippen LogP contribution in [0.3, 0.4) is 0 Å². The van der Waals surface area contributed by atoms with Gasteiger partial charge in [0.15, 0.2) is 0 Å². The Hall–Kier alpha value is -1.85. The Kier molecular flexibility index (Phi) is 7.79. The number of carbonyl (C=O) groups is 3. The van der Waals surface area contributed by atoms with E-state index in [4.69, 9.17) is 9.84 Å². The first-order chi connectivity index (χ1) is 19.4. The first-order valence-corrected chi connectivity index (χ1v) is 16.8. The molecule has 0 bridgehead atoms. The first kappa shape index (κ1) is 31.6. The lowest BCUT2D eigenvalue weighted by Gasteiger charge is -2.71. The van der Waals surface area contributed by atoms with Gasteiger partial charge >= 0.3 is 17.9 Å². The lowest BCUT2D eigenvalue weighted by molar-refractivity contribution is -0.214. The predicted molar refractivity (Wildman–Crippen MR) is 163 cm³/mol. The molecule has 0 unspecified atom stereocenters. The highest BCUT2D eigenvalue weighted by atomic mass is 16.5. The summed E-state index contributed by atoms with van der Waals surface area (Å²) in [6.45, 7) is 16.8. The highest BCUT2D eigenvalue weighted by molar-refractivity contribution is 5.76. The van der Waals surface area contributed by atoms with Crippen LogP contribution >= 0.6 is 0 Å². The third-order valence-electron chi connectivity index (χ3n) is 14.3. The summed E-state index contributed by atoms with van der Waals surface area (Å²) in [5.41, 5.74) is 1.12. The van der Waals surface area contributed by atoms with Gasteiger partial charge in [-0.2, -0.15) is 0 Å². The Labute approximate surface area is 253 Å². The number of carboxylic acids is 2. The van der Waals surface area contributed by atoms with Crippen LogP contribution in [-0.4, -0.2) is 34.2 Å². The van der Waals surface area contributed by atoms with Crippen LogP contribution in [0.25, 0.3) is 0 Å². The van der Waals surface area contributed by atoms with Gasteiger partial charge in [0.2, 0.25) is 0 Å². The van der Waals surface area contributed by atoms with Gasteiger partial charge in [-0.05, 0) is 116 Å². The standard InChI is InChI=1S/C36H56O6/c1-31(2)18-20-36(30(40)41)21-19-34(6)23(24(36)22-31)12-13-26-33(5)16-15-27(42-29(39)11-9-8-10-28(37)38)32(3,4)25(33)14-17-35(26,34)7/h12,24-27H,8-11,13-22H2,1-7H3,(H,37,38)(H,40,41)/t24-,25-,26+,27-,33-,34+,35+,36-/m0/s1. The minimum Gasteiger partial charge on any atom is -0.481 e. The third kappa shape index (κ3) is 4.67. The summed E-state index contributed by atoms with van der Waals surface area (Å²) in [6.07, 6.45) is 13.5. The molecule has 4 saturated carbocycles. The summed E-state index contributed by atoms with van der Waals surface area (Å²) in [4.78, 5) is 36.5. The van der Waals surface area contributed by atoms with Crippen molar-refractivity contribution in [3.63, 3.8) is 0 Å². The molecule has 8 atom stereocenters. The molecule has 0 radical (unpaired) electrons. The van der Waals surface area contributed by atoms with Crippen molar-refractivity contribution < 1.29 is 29.3 Å². The van der Waals surface area contributed by atoms with E-state index in [-0.39, 0.29) is 57.9 Å². The average Bonchev–Trinajstić information content (AvgIpc) is 2.88. The van der Waals surface area contributed by atoms with Crippen molar-refractivity contribution >= 4 is 17.9 Å². The monoisotopic (exact) mass is 584 g/mol. The summed E-state index contributed by atoms with van der Waals surface area (Å²) in [5, 5.41) is 19.5. The van der Waals surface area contributed by atoms with Gasteiger partial charge in [-0.3, -0.25) is 14.4 Å². The lowest BCUT2D eigenvalue weighted by Crippen LogP contribution is -2.65. The molecule has 0 heterocycles. The molecule has 6 heteroatoms. The molecule has 236 valence electrons.